The number of nitrogens with zero attached hydrogens (tertiary/aromatic N) is 2. The van der Waals surface area contributed by atoms with E-state index in [0.29, 0.717) is 32.4 Å². The Morgan fingerprint density at radius 3 is 2.38 bits per heavy atom. The summed E-state index contributed by atoms with van der Waals surface area (Å²) in [5.41, 5.74) is 2.76. The van der Waals surface area contributed by atoms with Gasteiger partial charge in [-0.25, -0.2) is 0 Å². The van der Waals surface area contributed by atoms with Crippen LogP contribution in [0.15, 0.2) is 66.7 Å². The standard InChI is InChI=1S/C31H37N3O3/c1-4-22(3)32-30(36)26(5-2)33(21-19-23-12-7-6-8-13-23)28(35)18-11-20-34-27-17-10-15-24-14-9-16-25(29(24)27)31(34)37/h6-10,12-17,22,26H,4-5,11,18-21H2,1-3H3,(H,32,36)/t22-,26-/m1/s1. The van der Waals surface area contributed by atoms with E-state index in [0.717, 1.165) is 34.0 Å². The van der Waals surface area contributed by atoms with E-state index in [1.165, 1.54) is 0 Å². The Balaban J connectivity index is 1.45. The fourth-order valence-corrected chi connectivity index (χ4v) is 5.07. The average Bonchev–Trinajstić information content (AvgIpc) is 3.19. The lowest BCUT2D eigenvalue weighted by Gasteiger charge is -2.31. The van der Waals surface area contributed by atoms with Crippen molar-refractivity contribution in [3.8, 4) is 0 Å². The van der Waals surface area contributed by atoms with Gasteiger partial charge in [-0.3, -0.25) is 14.4 Å². The third-order valence-corrected chi connectivity index (χ3v) is 7.29. The summed E-state index contributed by atoms with van der Waals surface area (Å²) in [6.45, 7) is 6.89. The van der Waals surface area contributed by atoms with E-state index in [9.17, 15) is 14.4 Å². The smallest absolute Gasteiger partial charge is 0.258 e. The van der Waals surface area contributed by atoms with Crippen LogP contribution in [0.25, 0.3) is 10.8 Å². The van der Waals surface area contributed by atoms with Crippen LogP contribution in [0.2, 0.25) is 0 Å². The number of amides is 3. The van der Waals surface area contributed by atoms with Gasteiger partial charge >= 0.3 is 0 Å². The number of anilines is 1. The van der Waals surface area contributed by atoms with Crippen LogP contribution in [-0.2, 0) is 16.0 Å². The first-order chi connectivity index (χ1) is 17.9. The van der Waals surface area contributed by atoms with Gasteiger partial charge in [-0.2, -0.15) is 0 Å². The molecule has 0 unspecified atom stereocenters. The van der Waals surface area contributed by atoms with Crippen LogP contribution < -0.4 is 10.2 Å². The van der Waals surface area contributed by atoms with Crippen molar-refractivity contribution in [3.05, 3.63) is 77.9 Å². The second kappa shape index (κ2) is 12.0. The molecule has 0 saturated heterocycles. The van der Waals surface area contributed by atoms with Gasteiger partial charge in [0.15, 0.2) is 0 Å². The highest BCUT2D eigenvalue weighted by molar-refractivity contribution is 6.25. The summed E-state index contributed by atoms with van der Waals surface area (Å²) < 4.78 is 0. The first-order valence-electron chi connectivity index (χ1n) is 13.4. The van der Waals surface area contributed by atoms with E-state index in [1.807, 2.05) is 87.5 Å². The molecule has 3 aromatic carbocycles. The van der Waals surface area contributed by atoms with E-state index in [2.05, 4.69) is 5.32 Å². The maximum Gasteiger partial charge on any atom is 0.258 e. The third kappa shape index (κ3) is 5.85. The predicted molar refractivity (Wildman–Crippen MR) is 149 cm³/mol. The molecule has 0 radical (unpaired) electrons. The number of hydrogen-bond donors (Lipinski definition) is 1. The minimum Gasteiger partial charge on any atom is -0.352 e. The Hall–Kier alpha value is -3.67. The van der Waals surface area contributed by atoms with Crippen molar-refractivity contribution in [2.45, 2.75) is 65.0 Å². The van der Waals surface area contributed by atoms with E-state index in [-0.39, 0.29) is 30.2 Å². The molecule has 6 heteroatoms. The predicted octanol–water partition coefficient (Wildman–Crippen LogP) is 5.34. The summed E-state index contributed by atoms with van der Waals surface area (Å²) in [7, 11) is 0. The molecule has 4 rings (SSSR count). The second-order valence-corrected chi connectivity index (χ2v) is 9.81. The van der Waals surface area contributed by atoms with Crippen LogP contribution in [-0.4, -0.2) is 47.8 Å². The number of carbonyl (C=O) groups is 3. The Bertz CT molecular complexity index is 1250. The molecule has 2 atom stereocenters. The molecular weight excluding hydrogens is 462 g/mol. The summed E-state index contributed by atoms with van der Waals surface area (Å²) in [4.78, 5) is 43.3. The Morgan fingerprint density at radius 1 is 0.946 bits per heavy atom. The molecule has 1 aliphatic heterocycles. The van der Waals surface area contributed by atoms with Crippen molar-refractivity contribution in [3.63, 3.8) is 0 Å². The van der Waals surface area contributed by atoms with Crippen molar-refractivity contribution in [2.24, 2.45) is 0 Å². The molecule has 6 nitrogen and oxygen atoms in total. The monoisotopic (exact) mass is 499 g/mol. The maximum atomic E-state index is 13.5. The van der Waals surface area contributed by atoms with Gasteiger partial charge in [-0.1, -0.05) is 68.4 Å². The van der Waals surface area contributed by atoms with E-state index < -0.39 is 6.04 Å². The van der Waals surface area contributed by atoms with E-state index >= 15 is 0 Å². The molecule has 0 fully saturated rings. The molecule has 1 aliphatic rings. The Morgan fingerprint density at radius 2 is 1.68 bits per heavy atom. The average molecular weight is 500 g/mol. The lowest BCUT2D eigenvalue weighted by molar-refractivity contribution is -0.141. The highest BCUT2D eigenvalue weighted by Gasteiger charge is 2.31. The van der Waals surface area contributed by atoms with Crippen LogP contribution in [0, 0.1) is 0 Å². The van der Waals surface area contributed by atoms with Crippen LogP contribution in [0.5, 0.6) is 0 Å². The van der Waals surface area contributed by atoms with Gasteiger partial charge in [-0.15, -0.1) is 0 Å². The zero-order valence-electron chi connectivity index (χ0n) is 22.1. The third-order valence-electron chi connectivity index (χ3n) is 7.29. The molecule has 37 heavy (non-hydrogen) atoms. The Kier molecular flexibility index (Phi) is 8.59. The van der Waals surface area contributed by atoms with Gasteiger partial charge in [0.2, 0.25) is 11.8 Å². The maximum absolute atomic E-state index is 13.5. The Labute approximate surface area is 219 Å². The molecule has 3 aromatic rings. The van der Waals surface area contributed by atoms with Crippen molar-refractivity contribution in [1.29, 1.82) is 0 Å². The van der Waals surface area contributed by atoms with Gasteiger partial charge < -0.3 is 15.1 Å². The largest absolute Gasteiger partial charge is 0.352 e. The normalized spacial score (nSPS) is 14.0. The highest BCUT2D eigenvalue weighted by atomic mass is 16.2. The van der Waals surface area contributed by atoms with Gasteiger partial charge in [-0.05, 0) is 55.7 Å². The zero-order valence-corrected chi connectivity index (χ0v) is 22.1. The van der Waals surface area contributed by atoms with Crippen molar-refractivity contribution < 1.29 is 14.4 Å². The van der Waals surface area contributed by atoms with Gasteiger partial charge in [0.1, 0.15) is 6.04 Å². The van der Waals surface area contributed by atoms with Crippen LogP contribution in [0.3, 0.4) is 0 Å². The molecule has 1 heterocycles. The highest BCUT2D eigenvalue weighted by Crippen LogP contribution is 2.37. The lowest BCUT2D eigenvalue weighted by atomic mass is 10.1. The van der Waals surface area contributed by atoms with Gasteiger partial charge in [0, 0.05) is 36.5 Å². The second-order valence-electron chi connectivity index (χ2n) is 9.81. The summed E-state index contributed by atoms with van der Waals surface area (Å²) in [6, 6.07) is 21.3. The minimum absolute atomic E-state index is 0.0143. The lowest BCUT2D eigenvalue weighted by Crippen LogP contribution is -2.51. The zero-order chi connectivity index (χ0) is 26.4. The van der Waals surface area contributed by atoms with E-state index in [1.54, 1.807) is 9.80 Å². The minimum atomic E-state index is -0.517. The first kappa shape index (κ1) is 26.4. The molecule has 0 bridgehead atoms. The van der Waals surface area contributed by atoms with Crippen molar-refractivity contribution >= 4 is 34.2 Å². The van der Waals surface area contributed by atoms with Crippen LogP contribution in [0.1, 0.15) is 62.4 Å². The molecule has 0 aliphatic carbocycles. The molecule has 194 valence electrons. The number of rotatable bonds is 12. The summed E-state index contributed by atoms with van der Waals surface area (Å²) >= 11 is 0. The fourth-order valence-electron chi connectivity index (χ4n) is 5.07. The van der Waals surface area contributed by atoms with Crippen molar-refractivity contribution in [2.75, 3.05) is 18.0 Å². The number of hydrogen-bond acceptors (Lipinski definition) is 3. The molecule has 0 saturated carbocycles. The number of nitrogens with one attached hydrogen (secondary N) is 1. The molecule has 1 N–H and O–H groups in total. The topological polar surface area (TPSA) is 69.7 Å². The van der Waals surface area contributed by atoms with Crippen LogP contribution >= 0.6 is 0 Å². The summed E-state index contributed by atoms with van der Waals surface area (Å²) in [5.74, 6) is -0.167. The van der Waals surface area contributed by atoms with Crippen LogP contribution in [0.4, 0.5) is 5.69 Å². The fraction of sp³-hybridized carbons (Fsp3) is 0.387. The molecule has 0 aromatic heterocycles. The first-order valence-corrected chi connectivity index (χ1v) is 13.4. The quantitative estimate of drug-likeness (QED) is 0.365. The SMILES string of the molecule is CC[C@@H](C)NC(=O)[C@@H](CC)N(CCc1ccccc1)C(=O)CCCN1C(=O)c2cccc3cccc1c23. The summed E-state index contributed by atoms with van der Waals surface area (Å²) in [6.07, 6.45) is 2.86. The van der Waals surface area contributed by atoms with E-state index in [4.69, 9.17) is 0 Å². The van der Waals surface area contributed by atoms with Gasteiger partial charge in [0.25, 0.3) is 5.91 Å². The number of benzene rings is 3. The number of carbonyl (C=O) groups excluding carboxylic acids is 3. The molecule has 0 spiro atoms. The molecule has 3 amide bonds. The molecular formula is C31H37N3O3. The van der Waals surface area contributed by atoms with Gasteiger partial charge in [0.05, 0.1) is 5.69 Å². The summed E-state index contributed by atoms with van der Waals surface area (Å²) in [5, 5.41) is 5.09. The van der Waals surface area contributed by atoms with Crippen molar-refractivity contribution in [1.82, 2.24) is 10.2 Å².